The van der Waals surface area contributed by atoms with E-state index >= 15 is 0 Å². The molecule has 3 rings (SSSR count). The molecule has 0 aliphatic carbocycles. The van der Waals surface area contributed by atoms with Gasteiger partial charge in [0.15, 0.2) is 0 Å². The Labute approximate surface area is 197 Å². The van der Waals surface area contributed by atoms with Crippen LogP contribution in [0.3, 0.4) is 0 Å². The van der Waals surface area contributed by atoms with Crippen molar-refractivity contribution in [3.63, 3.8) is 0 Å². The van der Waals surface area contributed by atoms with Crippen molar-refractivity contribution < 1.29 is 14.2 Å². The molecule has 0 aliphatic heterocycles. The normalized spacial score (nSPS) is 11.2. The molecule has 0 aliphatic rings. The lowest BCUT2D eigenvalue weighted by molar-refractivity contribution is 0.108. The Morgan fingerprint density at radius 2 is 1.70 bits per heavy atom. The second-order valence-electron chi connectivity index (χ2n) is 7.87. The highest BCUT2D eigenvalue weighted by Gasteiger charge is 2.19. The maximum atomic E-state index is 9.98. The van der Waals surface area contributed by atoms with Crippen LogP contribution >= 0.6 is 0 Å². The lowest BCUT2D eigenvalue weighted by Gasteiger charge is -2.20. The number of benzene rings is 2. The molecule has 1 heterocycles. The maximum absolute atomic E-state index is 9.98. The quantitative estimate of drug-likeness (QED) is 0.330. The summed E-state index contributed by atoms with van der Waals surface area (Å²) in [6.45, 7) is 12.0. The standard InChI is InChI=1S/C27H35N3O3/c1-5-14-30-26-19-23(31-4)12-13-24(26)25(20-28)27(30)21-8-10-22(11-9-21)33-18-16-29(6-2)15-17-32-7-3/h8-13,19H,5-7,14-18H2,1-4H3. The molecule has 0 saturated carbocycles. The van der Waals surface area contributed by atoms with Gasteiger partial charge in [0.1, 0.15) is 24.2 Å². The zero-order valence-corrected chi connectivity index (χ0v) is 20.3. The molecule has 1 aromatic heterocycles. The van der Waals surface area contributed by atoms with Crippen LogP contribution in [0.4, 0.5) is 0 Å². The van der Waals surface area contributed by atoms with Crippen molar-refractivity contribution >= 4 is 10.9 Å². The molecule has 0 spiro atoms. The molecule has 0 amide bonds. The van der Waals surface area contributed by atoms with Gasteiger partial charge in [-0.05, 0) is 61.9 Å². The highest BCUT2D eigenvalue weighted by molar-refractivity contribution is 5.95. The molecular formula is C27H35N3O3. The molecule has 2 aromatic carbocycles. The Hall–Kier alpha value is -3.01. The number of ether oxygens (including phenoxy) is 3. The number of aryl methyl sites for hydroxylation is 1. The topological polar surface area (TPSA) is 59.7 Å². The average molecular weight is 450 g/mol. The van der Waals surface area contributed by atoms with E-state index < -0.39 is 0 Å². The van der Waals surface area contributed by atoms with E-state index in [0.29, 0.717) is 12.2 Å². The Bertz CT molecular complexity index is 1070. The minimum absolute atomic E-state index is 0.624. The third kappa shape index (κ3) is 5.87. The van der Waals surface area contributed by atoms with E-state index in [4.69, 9.17) is 14.2 Å². The highest BCUT2D eigenvalue weighted by atomic mass is 16.5. The summed E-state index contributed by atoms with van der Waals surface area (Å²) in [5, 5.41) is 10.9. The van der Waals surface area contributed by atoms with Crippen LogP contribution in [0.15, 0.2) is 42.5 Å². The van der Waals surface area contributed by atoms with Gasteiger partial charge in [0, 0.05) is 37.7 Å². The number of aromatic nitrogens is 1. The minimum Gasteiger partial charge on any atom is -0.497 e. The van der Waals surface area contributed by atoms with Gasteiger partial charge in [-0.3, -0.25) is 4.90 Å². The first-order valence-corrected chi connectivity index (χ1v) is 11.8. The lowest BCUT2D eigenvalue weighted by atomic mass is 10.1. The number of likely N-dealkylation sites (N-methyl/N-ethyl adjacent to an activating group) is 1. The molecule has 33 heavy (non-hydrogen) atoms. The Morgan fingerprint density at radius 3 is 2.33 bits per heavy atom. The first-order valence-electron chi connectivity index (χ1n) is 11.8. The molecule has 0 fully saturated rings. The monoisotopic (exact) mass is 449 g/mol. The zero-order chi connectivity index (χ0) is 23.6. The Morgan fingerprint density at radius 1 is 0.970 bits per heavy atom. The number of nitriles is 1. The average Bonchev–Trinajstić information content (AvgIpc) is 3.16. The smallest absolute Gasteiger partial charge is 0.120 e. The fourth-order valence-electron chi connectivity index (χ4n) is 4.09. The van der Waals surface area contributed by atoms with Gasteiger partial charge in [-0.15, -0.1) is 0 Å². The van der Waals surface area contributed by atoms with Gasteiger partial charge in [0.05, 0.1) is 30.5 Å². The number of nitrogens with zero attached hydrogens (tertiary/aromatic N) is 3. The molecule has 6 nitrogen and oxygen atoms in total. The fourth-order valence-corrected chi connectivity index (χ4v) is 4.09. The number of hydrogen-bond donors (Lipinski definition) is 0. The van der Waals surface area contributed by atoms with Crippen molar-refractivity contribution in [3.05, 3.63) is 48.0 Å². The van der Waals surface area contributed by atoms with Crippen molar-refractivity contribution in [1.29, 1.82) is 5.26 Å². The Kier molecular flexibility index (Phi) is 9.17. The van der Waals surface area contributed by atoms with Crippen molar-refractivity contribution in [2.45, 2.75) is 33.7 Å². The van der Waals surface area contributed by atoms with Gasteiger partial charge in [-0.2, -0.15) is 5.26 Å². The summed E-state index contributed by atoms with van der Waals surface area (Å²) < 4.78 is 19.1. The second-order valence-corrected chi connectivity index (χ2v) is 7.87. The van der Waals surface area contributed by atoms with Crippen LogP contribution in [0.25, 0.3) is 22.2 Å². The van der Waals surface area contributed by atoms with Crippen LogP contribution < -0.4 is 9.47 Å². The van der Waals surface area contributed by atoms with E-state index in [2.05, 4.69) is 29.4 Å². The molecule has 0 atom stereocenters. The predicted molar refractivity (Wildman–Crippen MR) is 133 cm³/mol. The van der Waals surface area contributed by atoms with E-state index in [1.54, 1.807) is 7.11 Å². The van der Waals surface area contributed by atoms with Gasteiger partial charge >= 0.3 is 0 Å². The van der Waals surface area contributed by atoms with Gasteiger partial charge in [0.25, 0.3) is 0 Å². The molecule has 0 saturated heterocycles. The summed E-state index contributed by atoms with van der Waals surface area (Å²) >= 11 is 0. The molecule has 6 heteroatoms. The molecule has 0 bridgehead atoms. The molecule has 176 valence electrons. The van der Waals surface area contributed by atoms with E-state index in [0.717, 1.165) is 79.5 Å². The molecule has 0 radical (unpaired) electrons. The highest BCUT2D eigenvalue weighted by Crippen LogP contribution is 2.36. The van der Waals surface area contributed by atoms with Crippen LogP contribution in [0.5, 0.6) is 11.5 Å². The first kappa shape index (κ1) is 24.6. The van der Waals surface area contributed by atoms with Crippen molar-refractivity contribution in [2.75, 3.05) is 46.6 Å². The largest absolute Gasteiger partial charge is 0.497 e. The zero-order valence-electron chi connectivity index (χ0n) is 20.3. The summed E-state index contributed by atoms with van der Waals surface area (Å²) in [4.78, 5) is 2.32. The van der Waals surface area contributed by atoms with E-state index in [9.17, 15) is 5.26 Å². The van der Waals surface area contributed by atoms with Crippen LogP contribution in [-0.2, 0) is 11.3 Å². The summed E-state index contributed by atoms with van der Waals surface area (Å²) in [5.74, 6) is 1.62. The summed E-state index contributed by atoms with van der Waals surface area (Å²) in [6.07, 6.45) is 0.970. The number of hydrogen-bond acceptors (Lipinski definition) is 5. The van der Waals surface area contributed by atoms with Crippen LogP contribution in [0.2, 0.25) is 0 Å². The molecule has 0 unspecified atom stereocenters. The third-order valence-corrected chi connectivity index (χ3v) is 5.84. The SMILES string of the molecule is CCCn1c(-c2ccc(OCCN(CC)CCOCC)cc2)c(C#N)c2ccc(OC)cc21. The number of rotatable bonds is 13. The van der Waals surface area contributed by atoms with E-state index in [1.165, 1.54) is 0 Å². The summed E-state index contributed by atoms with van der Waals surface area (Å²) in [5.41, 5.74) is 3.68. The second kappa shape index (κ2) is 12.3. The summed E-state index contributed by atoms with van der Waals surface area (Å²) in [7, 11) is 1.66. The lowest BCUT2D eigenvalue weighted by Crippen LogP contribution is -2.31. The van der Waals surface area contributed by atoms with E-state index in [-0.39, 0.29) is 0 Å². The first-order chi connectivity index (χ1) is 16.2. The third-order valence-electron chi connectivity index (χ3n) is 5.84. The number of methoxy groups -OCH3 is 1. The van der Waals surface area contributed by atoms with Crippen molar-refractivity contribution in [1.82, 2.24) is 9.47 Å². The molecular weight excluding hydrogens is 414 g/mol. The molecule has 0 N–H and O–H groups in total. The van der Waals surface area contributed by atoms with Crippen molar-refractivity contribution in [3.8, 4) is 28.8 Å². The van der Waals surface area contributed by atoms with Gasteiger partial charge < -0.3 is 18.8 Å². The fraction of sp³-hybridized carbons (Fsp3) is 0.444. The van der Waals surface area contributed by atoms with Crippen LogP contribution in [0.1, 0.15) is 32.8 Å². The molecule has 3 aromatic rings. The summed E-state index contributed by atoms with van der Waals surface area (Å²) in [6, 6.07) is 16.4. The van der Waals surface area contributed by atoms with Gasteiger partial charge in [-0.1, -0.05) is 13.8 Å². The van der Waals surface area contributed by atoms with Crippen LogP contribution in [-0.4, -0.2) is 56.0 Å². The van der Waals surface area contributed by atoms with Gasteiger partial charge in [-0.25, -0.2) is 0 Å². The number of fused-ring (bicyclic) bond motifs is 1. The van der Waals surface area contributed by atoms with Gasteiger partial charge in [0.2, 0.25) is 0 Å². The Balaban J connectivity index is 1.79. The van der Waals surface area contributed by atoms with E-state index in [1.807, 2.05) is 49.4 Å². The predicted octanol–water partition coefficient (Wildman–Crippen LogP) is 5.34. The van der Waals surface area contributed by atoms with Crippen LogP contribution in [0, 0.1) is 11.3 Å². The maximum Gasteiger partial charge on any atom is 0.120 e. The van der Waals surface area contributed by atoms with Crippen molar-refractivity contribution in [2.24, 2.45) is 0 Å². The minimum atomic E-state index is 0.624.